The molecule has 0 aliphatic carbocycles. The first-order chi connectivity index (χ1) is 8.58. The standard InChI is InChI=1S/C15H19NOS/c1-10(2)14(17)8-12-4-6-13(7-5-12)15-11(3)16-9-18-15/h4-7,9-10,14,17H,8H2,1-3H3. The Morgan fingerprint density at radius 3 is 2.39 bits per heavy atom. The lowest BCUT2D eigenvalue weighted by molar-refractivity contribution is 0.126. The maximum atomic E-state index is 9.87. The summed E-state index contributed by atoms with van der Waals surface area (Å²) < 4.78 is 0. The quantitative estimate of drug-likeness (QED) is 0.910. The van der Waals surface area contributed by atoms with Gasteiger partial charge < -0.3 is 5.11 Å². The van der Waals surface area contributed by atoms with Crippen molar-refractivity contribution in [2.45, 2.75) is 33.3 Å². The van der Waals surface area contributed by atoms with Gasteiger partial charge in [0.1, 0.15) is 0 Å². The average molecular weight is 261 g/mol. The van der Waals surface area contributed by atoms with Crippen LogP contribution in [0.15, 0.2) is 29.8 Å². The van der Waals surface area contributed by atoms with Crippen molar-refractivity contribution >= 4 is 11.3 Å². The number of hydrogen-bond donors (Lipinski definition) is 1. The van der Waals surface area contributed by atoms with Crippen molar-refractivity contribution in [2.24, 2.45) is 5.92 Å². The lowest BCUT2D eigenvalue weighted by atomic mass is 9.98. The fourth-order valence-corrected chi connectivity index (χ4v) is 2.66. The molecule has 0 bridgehead atoms. The largest absolute Gasteiger partial charge is 0.393 e. The normalized spacial score (nSPS) is 12.9. The van der Waals surface area contributed by atoms with Gasteiger partial charge in [-0.25, -0.2) is 4.98 Å². The summed E-state index contributed by atoms with van der Waals surface area (Å²) in [5.41, 5.74) is 5.34. The molecule has 1 aromatic carbocycles. The third-order valence-electron chi connectivity index (χ3n) is 3.18. The maximum Gasteiger partial charge on any atom is 0.0801 e. The highest BCUT2D eigenvalue weighted by Gasteiger charge is 2.10. The number of benzene rings is 1. The molecule has 0 saturated heterocycles. The third kappa shape index (κ3) is 2.98. The summed E-state index contributed by atoms with van der Waals surface area (Å²) in [5, 5.41) is 9.87. The molecule has 1 unspecified atom stereocenters. The van der Waals surface area contributed by atoms with Gasteiger partial charge in [-0.15, -0.1) is 11.3 Å². The van der Waals surface area contributed by atoms with Gasteiger partial charge in [0.2, 0.25) is 0 Å². The molecule has 0 saturated carbocycles. The molecule has 2 aromatic rings. The lowest BCUT2D eigenvalue weighted by Gasteiger charge is -2.14. The molecule has 3 heteroatoms. The molecule has 0 spiro atoms. The van der Waals surface area contributed by atoms with Crippen molar-refractivity contribution in [2.75, 3.05) is 0 Å². The second-order valence-electron chi connectivity index (χ2n) is 4.98. The zero-order chi connectivity index (χ0) is 13.1. The number of aromatic nitrogens is 1. The summed E-state index contributed by atoms with van der Waals surface area (Å²) in [5.74, 6) is 0.299. The van der Waals surface area contributed by atoms with Gasteiger partial charge in [-0.1, -0.05) is 38.1 Å². The molecule has 2 nitrogen and oxygen atoms in total. The van der Waals surface area contributed by atoms with Crippen LogP contribution in [0.5, 0.6) is 0 Å². The van der Waals surface area contributed by atoms with Gasteiger partial charge in [0.15, 0.2) is 0 Å². The zero-order valence-corrected chi connectivity index (χ0v) is 11.9. The van der Waals surface area contributed by atoms with Gasteiger partial charge in [0.05, 0.1) is 22.2 Å². The van der Waals surface area contributed by atoms with Crippen LogP contribution in [0.25, 0.3) is 10.4 Å². The minimum Gasteiger partial charge on any atom is -0.393 e. The predicted octanol–water partition coefficient (Wildman–Crippen LogP) is 3.68. The molecule has 1 N–H and O–H groups in total. The predicted molar refractivity (Wildman–Crippen MR) is 76.8 cm³/mol. The molecule has 0 aliphatic heterocycles. The summed E-state index contributed by atoms with van der Waals surface area (Å²) in [4.78, 5) is 5.49. The third-order valence-corrected chi connectivity index (χ3v) is 4.15. The summed E-state index contributed by atoms with van der Waals surface area (Å²) in [7, 11) is 0. The van der Waals surface area contributed by atoms with Crippen molar-refractivity contribution in [3.8, 4) is 10.4 Å². The smallest absolute Gasteiger partial charge is 0.0801 e. The Morgan fingerprint density at radius 1 is 1.22 bits per heavy atom. The van der Waals surface area contributed by atoms with E-state index in [1.165, 1.54) is 16.0 Å². The maximum absolute atomic E-state index is 9.87. The van der Waals surface area contributed by atoms with Gasteiger partial charge in [0.25, 0.3) is 0 Å². The van der Waals surface area contributed by atoms with E-state index in [1.54, 1.807) is 11.3 Å². The van der Waals surface area contributed by atoms with Crippen LogP contribution in [-0.4, -0.2) is 16.2 Å². The van der Waals surface area contributed by atoms with Crippen LogP contribution >= 0.6 is 11.3 Å². The topological polar surface area (TPSA) is 33.1 Å². The SMILES string of the molecule is Cc1ncsc1-c1ccc(CC(O)C(C)C)cc1. The van der Waals surface area contributed by atoms with E-state index in [0.29, 0.717) is 5.92 Å². The van der Waals surface area contributed by atoms with Crippen molar-refractivity contribution in [3.63, 3.8) is 0 Å². The number of aliphatic hydroxyl groups is 1. The van der Waals surface area contributed by atoms with Crippen LogP contribution in [0.4, 0.5) is 0 Å². The van der Waals surface area contributed by atoms with Gasteiger partial charge in [-0.3, -0.25) is 0 Å². The van der Waals surface area contributed by atoms with Crippen molar-refractivity contribution < 1.29 is 5.11 Å². The number of hydrogen-bond acceptors (Lipinski definition) is 3. The Labute approximate surface area is 112 Å². The highest BCUT2D eigenvalue weighted by molar-refractivity contribution is 7.13. The summed E-state index contributed by atoms with van der Waals surface area (Å²) in [6.07, 6.45) is 0.459. The molecule has 0 aliphatic rings. The first-order valence-corrected chi connectivity index (χ1v) is 7.13. The van der Waals surface area contributed by atoms with E-state index < -0.39 is 0 Å². The summed E-state index contributed by atoms with van der Waals surface area (Å²) in [6, 6.07) is 8.42. The molecule has 18 heavy (non-hydrogen) atoms. The highest BCUT2D eigenvalue weighted by atomic mass is 32.1. The fourth-order valence-electron chi connectivity index (χ4n) is 1.85. The van der Waals surface area contributed by atoms with Gasteiger partial charge in [-0.2, -0.15) is 0 Å². The van der Waals surface area contributed by atoms with Crippen molar-refractivity contribution in [1.29, 1.82) is 0 Å². The van der Waals surface area contributed by atoms with Crippen LogP contribution in [0, 0.1) is 12.8 Å². The molecule has 96 valence electrons. The molecule has 1 atom stereocenters. The number of nitrogens with zero attached hydrogens (tertiary/aromatic N) is 1. The van der Waals surface area contributed by atoms with Crippen LogP contribution in [0.3, 0.4) is 0 Å². The molecule has 1 heterocycles. The molecule has 0 amide bonds. The van der Waals surface area contributed by atoms with E-state index in [9.17, 15) is 5.11 Å². The number of thiazole rings is 1. The van der Waals surface area contributed by atoms with Crippen LogP contribution < -0.4 is 0 Å². The zero-order valence-electron chi connectivity index (χ0n) is 11.1. The Bertz CT molecular complexity index is 501. The summed E-state index contributed by atoms with van der Waals surface area (Å²) >= 11 is 1.67. The molecular weight excluding hydrogens is 242 g/mol. The Morgan fingerprint density at radius 2 is 1.89 bits per heavy atom. The van der Waals surface area contributed by atoms with E-state index in [2.05, 4.69) is 29.2 Å². The second kappa shape index (κ2) is 5.63. The number of aliphatic hydroxyl groups excluding tert-OH is 1. The van der Waals surface area contributed by atoms with E-state index in [0.717, 1.165) is 12.1 Å². The van der Waals surface area contributed by atoms with Gasteiger partial charge in [-0.05, 0) is 30.4 Å². The van der Waals surface area contributed by atoms with Crippen molar-refractivity contribution in [3.05, 3.63) is 41.0 Å². The van der Waals surface area contributed by atoms with Crippen LogP contribution in [0.2, 0.25) is 0 Å². The molecule has 0 fully saturated rings. The monoisotopic (exact) mass is 261 g/mol. The van der Waals surface area contributed by atoms with E-state index in [1.807, 2.05) is 26.3 Å². The number of rotatable bonds is 4. The Kier molecular flexibility index (Phi) is 4.15. The lowest BCUT2D eigenvalue weighted by Crippen LogP contribution is -2.17. The molecule has 0 radical (unpaired) electrons. The summed E-state index contributed by atoms with van der Waals surface area (Å²) in [6.45, 7) is 6.11. The first-order valence-electron chi connectivity index (χ1n) is 6.25. The molecule has 2 rings (SSSR count). The minimum absolute atomic E-state index is 0.263. The van der Waals surface area contributed by atoms with Crippen molar-refractivity contribution in [1.82, 2.24) is 4.98 Å². The Balaban J connectivity index is 2.13. The fraction of sp³-hybridized carbons (Fsp3) is 0.400. The van der Waals surface area contributed by atoms with E-state index in [-0.39, 0.29) is 6.10 Å². The number of aryl methyl sites for hydroxylation is 1. The first kappa shape index (κ1) is 13.2. The van der Waals surface area contributed by atoms with Gasteiger partial charge in [0, 0.05) is 0 Å². The Hall–Kier alpha value is -1.19. The van der Waals surface area contributed by atoms with Crippen LogP contribution in [-0.2, 0) is 6.42 Å². The highest BCUT2D eigenvalue weighted by Crippen LogP contribution is 2.27. The van der Waals surface area contributed by atoms with E-state index in [4.69, 9.17) is 0 Å². The molecule has 1 aromatic heterocycles. The van der Waals surface area contributed by atoms with E-state index >= 15 is 0 Å². The van der Waals surface area contributed by atoms with Gasteiger partial charge >= 0.3 is 0 Å². The second-order valence-corrected chi connectivity index (χ2v) is 5.83. The van der Waals surface area contributed by atoms with Crippen LogP contribution in [0.1, 0.15) is 25.1 Å². The molecular formula is C15H19NOS. The average Bonchev–Trinajstić information content (AvgIpc) is 2.76. The minimum atomic E-state index is -0.263.